The van der Waals surface area contributed by atoms with Crippen LogP contribution in [-0.2, 0) is 11.3 Å². The molecular weight excluding hydrogens is 328 g/mol. The molecule has 2 aliphatic heterocycles. The van der Waals surface area contributed by atoms with E-state index in [1.165, 1.54) is 0 Å². The lowest BCUT2D eigenvalue weighted by molar-refractivity contribution is -0.0465. The Kier molecular flexibility index (Phi) is 5.24. The van der Waals surface area contributed by atoms with E-state index in [1.807, 2.05) is 29.2 Å². The van der Waals surface area contributed by atoms with E-state index >= 15 is 0 Å². The molecule has 0 bridgehead atoms. The van der Waals surface area contributed by atoms with E-state index in [-0.39, 0.29) is 18.1 Å². The highest BCUT2D eigenvalue weighted by Gasteiger charge is 2.27. The highest BCUT2D eigenvalue weighted by Crippen LogP contribution is 2.23. The average molecular weight is 351 g/mol. The van der Waals surface area contributed by atoms with Crippen LogP contribution in [0.15, 0.2) is 24.3 Å². The summed E-state index contributed by atoms with van der Waals surface area (Å²) in [6.45, 7) is 7.31. The van der Waals surface area contributed by atoms with E-state index in [4.69, 9.17) is 17.0 Å². The number of carbonyl (C=O) groups excluding carboxylic acids is 1. The first kappa shape index (κ1) is 16.7. The van der Waals surface area contributed by atoms with Gasteiger partial charge in [0.1, 0.15) is 4.32 Å². The third-order valence-electron chi connectivity index (χ3n) is 4.16. The van der Waals surface area contributed by atoms with Gasteiger partial charge in [0.15, 0.2) is 0 Å². The number of benzene rings is 1. The van der Waals surface area contributed by atoms with Crippen molar-refractivity contribution < 1.29 is 9.53 Å². The Hall–Kier alpha value is -1.11. The van der Waals surface area contributed by atoms with Gasteiger partial charge in [-0.2, -0.15) is 0 Å². The zero-order valence-electron chi connectivity index (χ0n) is 13.5. The lowest BCUT2D eigenvalue weighted by atomic mass is 10.1. The van der Waals surface area contributed by atoms with Gasteiger partial charge in [0.25, 0.3) is 5.91 Å². The predicted molar refractivity (Wildman–Crippen MR) is 97.8 cm³/mol. The molecule has 0 unspecified atom stereocenters. The fraction of sp³-hybridized carbons (Fsp3) is 0.529. The van der Waals surface area contributed by atoms with E-state index in [0.29, 0.717) is 6.54 Å². The molecule has 0 aromatic heterocycles. The van der Waals surface area contributed by atoms with Gasteiger partial charge in [0.2, 0.25) is 0 Å². The van der Waals surface area contributed by atoms with Crippen LogP contribution in [0.2, 0.25) is 0 Å². The maximum atomic E-state index is 12.3. The predicted octanol–water partition coefficient (Wildman–Crippen LogP) is 2.77. The number of nitrogens with zero attached hydrogens (tertiary/aromatic N) is 2. The van der Waals surface area contributed by atoms with E-state index in [9.17, 15) is 4.79 Å². The van der Waals surface area contributed by atoms with Gasteiger partial charge in [-0.25, -0.2) is 0 Å². The van der Waals surface area contributed by atoms with Gasteiger partial charge in [-0.15, -0.1) is 0 Å². The van der Waals surface area contributed by atoms with Crippen molar-refractivity contribution in [3.05, 3.63) is 35.4 Å². The van der Waals surface area contributed by atoms with E-state index < -0.39 is 0 Å². The Labute approximate surface area is 147 Å². The minimum atomic E-state index is 0.140. The summed E-state index contributed by atoms with van der Waals surface area (Å²) in [5.74, 6) is 0.972. The number of fused-ring (bicyclic) bond motifs is 1. The van der Waals surface area contributed by atoms with Crippen LogP contribution in [0, 0.1) is 0 Å². The Bertz CT molecular complexity index is 598. The van der Waals surface area contributed by atoms with E-state index in [1.54, 1.807) is 11.8 Å². The lowest BCUT2D eigenvalue weighted by Crippen LogP contribution is -2.47. The Morgan fingerprint density at radius 1 is 1.30 bits per heavy atom. The zero-order valence-corrected chi connectivity index (χ0v) is 15.2. The number of thiocarbonyl (C=S) groups is 1. The molecule has 2 atom stereocenters. The number of amides is 1. The van der Waals surface area contributed by atoms with Crippen molar-refractivity contribution in [1.29, 1.82) is 0 Å². The molecule has 6 heteroatoms. The second kappa shape index (κ2) is 7.20. The van der Waals surface area contributed by atoms with Crippen LogP contribution in [0.3, 0.4) is 0 Å². The minimum absolute atomic E-state index is 0.140. The first-order valence-electron chi connectivity index (χ1n) is 7.99. The Morgan fingerprint density at radius 3 is 2.70 bits per heavy atom. The number of thioether (sulfide) groups is 1. The third-order valence-corrected chi connectivity index (χ3v) is 5.66. The number of morpholine rings is 1. The second-order valence-electron chi connectivity index (χ2n) is 6.16. The first-order valence-corrected chi connectivity index (χ1v) is 9.38. The summed E-state index contributed by atoms with van der Waals surface area (Å²) in [6, 6.07) is 7.85. The molecular formula is C17H22N2O2S2. The number of rotatable bonds is 3. The number of hydrogen-bond acceptors (Lipinski definition) is 4. The average Bonchev–Trinajstić information content (AvgIpc) is 2.83. The molecule has 2 aliphatic rings. The summed E-state index contributed by atoms with van der Waals surface area (Å²) in [6.07, 6.45) is 0.430. The maximum Gasteiger partial charge on any atom is 0.254 e. The van der Waals surface area contributed by atoms with Gasteiger partial charge < -0.3 is 14.5 Å². The number of hydrogen-bond donors (Lipinski definition) is 0. The van der Waals surface area contributed by atoms with Crippen LogP contribution in [0.25, 0.3) is 0 Å². The Morgan fingerprint density at radius 2 is 2.00 bits per heavy atom. The fourth-order valence-electron chi connectivity index (χ4n) is 3.16. The number of ether oxygens (including phenoxy) is 1. The molecule has 1 amide bonds. The van der Waals surface area contributed by atoms with Gasteiger partial charge in [-0.1, -0.05) is 42.2 Å². The summed E-state index contributed by atoms with van der Waals surface area (Å²) in [5.41, 5.74) is 1.97. The van der Waals surface area contributed by atoms with Crippen LogP contribution in [0.1, 0.15) is 29.8 Å². The molecule has 124 valence electrons. The van der Waals surface area contributed by atoms with Crippen molar-refractivity contribution in [3.8, 4) is 0 Å². The highest BCUT2D eigenvalue weighted by molar-refractivity contribution is 8.22. The van der Waals surface area contributed by atoms with Gasteiger partial charge >= 0.3 is 0 Å². The maximum absolute atomic E-state index is 12.3. The molecule has 3 rings (SSSR count). The van der Waals surface area contributed by atoms with Gasteiger partial charge in [-0.05, 0) is 25.5 Å². The molecule has 1 fully saturated rings. The normalized spacial score (nSPS) is 24.0. The van der Waals surface area contributed by atoms with Crippen LogP contribution < -0.4 is 0 Å². The lowest BCUT2D eigenvalue weighted by Gasteiger charge is -2.36. The SMILES string of the molecule is C[C@@H]1CN(C(=S)SCCN2Cc3ccccc3C2=O)C[C@H](C)O1. The smallest absolute Gasteiger partial charge is 0.254 e. The van der Waals surface area contributed by atoms with Crippen LogP contribution in [0.5, 0.6) is 0 Å². The van der Waals surface area contributed by atoms with E-state index in [2.05, 4.69) is 18.7 Å². The fourth-order valence-corrected chi connectivity index (χ4v) is 4.37. The van der Waals surface area contributed by atoms with Gasteiger partial charge in [0.05, 0.1) is 12.2 Å². The van der Waals surface area contributed by atoms with Crippen molar-refractivity contribution in [2.45, 2.75) is 32.6 Å². The molecule has 1 saturated heterocycles. The third kappa shape index (κ3) is 3.87. The first-order chi connectivity index (χ1) is 11.0. The molecule has 1 aromatic carbocycles. The largest absolute Gasteiger partial charge is 0.372 e. The topological polar surface area (TPSA) is 32.8 Å². The minimum Gasteiger partial charge on any atom is -0.372 e. The van der Waals surface area contributed by atoms with Crippen molar-refractivity contribution in [2.24, 2.45) is 0 Å². The van der Waals surface area contributed by atoms with Crippen molar-refractivity contribution in [1.82, 2.24) is 9.80 Å². The quantitative estimate of drug-likeness (QED) is 0.783. The summed E-state index contributed by atoms with van der Waals surface area (Å²) < 4.78 is 6.65. The van der Waals surface area contributed by atoms with Gasteiger partial charge in [-0.3, -0.25) is 4.79 Å². The van der Waals surface area contributed by atoms with Crippen LogP contribution in [0.4, 0.5) is 0 Å². The molecule has 4 nitrogen and oxygen atoms in total. The summed E-state index contributed by atoms with van der Waals surface area (Å²) in [7, 11) is 0. The number of carbonyl (C=O) groups is 1. The summed E-state index contributed by atoms with van der Waals surface area (Å²) in [5, 5.41) is 0. The van der Waals surface area contributed by atoms with Crippen molar-refractivity contribution in [2.75, 3.05) is 25.4 Å². The van der Waals surface area contributed by atoms with Gasteiger partial charge in [0, 0.05) is 37.5 Å². The standard InChI is InChI=1S/C17H22N2O2S2/c1-12-9-19(10-13(2)21-12)17(22)23-8-7-18-11-14-5-3-4-6-15(14)16(18)20/h3-6,12-13H,7-11H2,1-2H3/t12-,13+. The van der Waals surface area contributed by atoms with Crippen LogP contribution >= 0.6 is 24.0 Å². The van der Waals surface area contributed by atoms with Crippen molar-refractivity contribution in [3.63, 3.8) is 0 Å². The van der Waals surface area contributed by atoms with Crippen molar-refractivity contribution >= 4 is 34.2 Å². The molecule has 1 aromatic rings. The van der Waals surface area contributed by atoms with Crippen LogP contribution in [-0.4, -0.2) is 57.6 Å². The summed E-state index contributed by atoms with van der Waals surface area (Å²) >= 11 is 7.21. The molecule has 0 spiro atoms. The monoisotopic (exact) mass is 350 g/mol. The molecule has 0 radical (unpaired) electrons. The molecule has 0 saturated carbocycles. The zero-order chi connectivity index (χ0) is 16.4. The highest BCUT2D eigenvalue weighted by atomic mass is 32.2. The van der Waals surface area contributed by atoms with E-state index in [0.717, 1.165) is 40.8 Å². The molecule has 0 aliphatic carbocycles. The molecule has 23 heavy (non-hydrogen) atoms. The molecule has 0 N–H and O–H groups in total. The molecule has 2 heterocycles. The second-order valence-corrected chi connectivity index (χ2v) is 7.89. The summed E-state index contributed by atoms with van der Waals surface area (Å²) in [4.78, 5) is 16.4. The Balaban J connectivity index is 1.47.